The number of piperidine rings is 1. The van der Waals surface area contributed by atoms with Crippen molar-refractivity contribution in [1.29, 1.82) is 0 Å². The Hall–Kier alpha value is -3.88. The molecule has 216 valence electrons. The SMILES string of the molecule is CN(C(=O)Nc1cc(C(F)(F)F)cn(C)c1=O)[C@H]1CCN(c2cnc3[nH]nc(OC4CCOCC4)c3c2)C[C@H]1F. The number of carbonyl (C=O) groups is 1. The third kappa shape index (κ3) is 5.69. The molecule has 0 unspecified atom stereocenters. The number of ether oxygens (including phenoxy) is 2. The highest BCUT2D eigenvalue weighted by atomic mass is 19.4. The van der Waals surface area contributed by atoms with Crippen molar-refractivity contribution >= 4 is 28.4 Å². The summed E-state index contributed by atoms with van der Waals surface area (Å²) in [5.74, 6) is 0.417. The highest BCUT2D eigenvalue weighted by Crippen LogP contribution is 2.31. The third-order valence-corrected chi connectivity index (χ3v) is 7.26. The number of rotatable bonds is 5. The summed E-state index contributed by atoms with van der Waals surface area (Å²) in [6.45, 7) is 1.57. The monoisotopic (exact) mass is 567 g/mol. The van der Waals surface area contributed by atoms with Crippen molar-refractivity contribution in [3.63, 3.8) is 0 Å². The molecule has 0 bridgehead atoms. The molecule has 0 aliphatic carbocycles. The summed E-state index contributed by atoms with van der Waals surface area (Å²) in [5.41, 5.74) is -1.25. The third-order valence-electron chi connectivity index (χ3n) is 7.26. The van der Waals surface area contributed by atoms with E-state index in [1.165, 1.54) is 7.05 Å². The van der Waals surface area contributed by atoms with Crippen LogP contribution in [0.3, 0.4) is 0 Å². The van der Waals surface area contributed by atoms with E-state index in [0.29, 0.717) is 54.6 Å². The number of H-pyrrole nitrogens is 1. The van der Waals surface area contributed by atoms with Gasteiger partial charge in [-0.05, 0) is 18.6 Å². The lowest BCUT2D eigenvalue weighted by Crippen LogP contribution is -2.54. The van der Waals surface area contributed by atoms with Gasteiger partial charge in [-0.15, -0.1) is 5.10 Å². The van der Waals surface area contributed by atoms with Crippen LogP contribution >= 0.6 is 0 Å². The molecule has 2 aliphatic rings. The summed E-state index contributed by atoms with van der Waals surface area (Å²) in [7, 11) is 2.50. The van der Waals surface area contributed by atoms with Crippen molar-refractivity contribution in [3.05, 3.63) is 40.4 Å². The summed E-state index contributed by atoms with van der Waals surface area (Å²) in [5, 5.41) is 9.95. The zero-order valence-corrected chi connectivity index (χ0v) is 21.9. The van der Waals surface area contributed by atoms with Crippen LogP contribution in [0, 0.1) is 0 Å². The Morgan fingerprint density at radius 3 is 2.70 bits per heavy atom. The molecule has 2 saturated heterocycles. The summed E-state index contributed by atoms with van der Waals surface area (Å²) >= 11 is 0. The summed E-state index contributed by atoms with van der Waals surface area (Å²) in [6, 6.07) is 0.661. The number of nitrogens with one attached hydrogen (secondary N) is 2. The average Bonchev–Trinajstić information content (AvgIpc) is 3.32. The van der Waals surface area contributed by atoms with Crippen molar-refractivity contribution in [2.24, 2.45) is 7.05 Å². The van der Waals surface area contributed by atoms with Gasteiger partial charge in [-0.25, -0.2) is 14.2 Å². The van der Waals surface area contributed by atoms with E-state index in [-0.39, 0.29) is 19.1 Å². The first kappa shape index (κ1) is 27.7. The Bertz CT molecular complexity index is 1440. The van der Waals surface area contributed by atoms with E-state index in [9.17, 15) is 22.8 Å². The first-order chi connectivity index (χ1) is 19.0. The number of urea groups is 1. The fraction of sp³-hybridized carbons (Fsp3) is 0.520. The number of fused-ring (bicyclic) bond motifs is 1. The van der Waals surface area contributed by atoms with Crippen molar-refractivity contribution in [2.75, 3.05) is 43.6 Å². The second-order valence-corrected chi connectivity index (χ2v) is 9.96. The molecule has 15 heteroatoms. The van der Waals surface area contributed by atoms with E-state index < -0.39 is 41.2 Å². The van der Waals surface area contributed by atoms with E-state index in [4.69, 9.17) is 9.47 Å². The van der Waals surface area contributed by atoms with Gasteiger partial charge in [0.25, 0.3) is 5.56 Å². The first-order valence-corrected chi connectivity index (χ1v) is 12.8. The first-order valence-electron chi connectivity index (χ1n) is 12.8. The van der Waals surface area contributed by atoms with Crippen LogP contribution in [0.25, 0.3) is 11.0 Å². The number of alkyl halides is 4. The number of hydrogen-bond acceptors (Lipinski definition) is 7. The van der Waals surface area contributed by atoms with Crippen molar-refractivity contribution in [3.8, 4) is 5.88 Å². The van der Waals surface area contributed by atoms with E-state index in [0.717, 1.165) is 29.4 Å². The number of anilines is 2. The molecule has 0 spiro atoms. The molecule has 0 radical (unpaired) electrons. The number of aryl methyl sites for hydroxylation is 1. The minimum absolute atomic E-state index is 0.0207. The number of amides is 2. The van der Waals surface area contributed by atoms with E-state index in [1.807, 2.05) is 6.07 Å². The van der Waals surface area contributed by atoms with E-state index in [1.54, 1.807) is 11.1 Å². The van der Waals surface area contributed by atoms with Crippen LogP contribution in [0.4, 0.5) is 33.7 Å². The van der Waals surface area contributed by atoms with Gasteiger partial charge in [-0.1, -0.05) is 0 Å². The fourth-order valence-electron chi connectivity index (χ4n) is 4.96. The number of carbonyl (C=O) groups excluding carboxylic acids is 1. The maximum Gasteiger partial charge on any atom is 0.417 e. The lowest BCUT2D eigenvalue weighted by Gasteiger charge is -2.39. The normalized spacial score (nSPS) is 20.5. The fourth-order valence-corrected chi connectivity index (χ4v) is 4.96. The average molecular weight is 568 g/mol. The minimum Gasteiger partial charge on any atom is -0.473 e. The molecule has 2 fully saturated rings. The Labute approximate surface area is 226 Å². The molecule has 5 heterocycles. The smallest absolute Gasteiger partial charge is 0.417 e. The molecule has 11 nitrogen and oxygen atoms in total. The van der Waals surface area contributed by atoms with Crippen LogP contribution in [-0.2, 0) is 18.0 Å². The maximum absolute atomic E-state index is 15.4. The molecule has 2 amide bonds. The summed E-state index contributed by atoms with van der Waals surface area (Å²) in [6.07, 6.45) is -2.22. The number of hydrogen-bond donors (Lipinski definition) is 2. The second-order valence-electron chi connectivity index (χ2n) is 9.96. The van der Waals surface area contributed by atoms with Gasteiger partial charge in [0.05, 0.1) is 48.6 Å². The maximum atomic E-state index is 15.4. The Kier molecular flexibility index (Phi) is 7.57. The zero-order valence-electron chi connectivity index (χ0n) is 21.9. The number of halogens is 4. The lowest BCUT2D eigenvalue weighted by molar-refractivity contribution is -0.138. The Morgan fingerprint density at radius 2 is 2.00 bits per heavy atom. The minimum atomic E-state index is -4.71. The van der Waals surface area contributed by atoms with E-state index >= 15 is 4.39 Å². The number of pyridine rings is 2. The van der Waals surface area contributed by atoms with Gasteiger partial charge in [0.2, 0.25) is 5.88 Å². The van der Waals surface area contributed by atoms with Gasteiger partial charge in [-0.3, -0.25) is 9.89 Å². The standard InChI is InChI=1S/C25H29F4N7O4/c1-34-12-14(25(27,28)29)9-19(23(34)37)31-24(38)35(2)20-3-6-36(13-18(20)26)15-10-17-21(30-11-15)32-33-22(17)40-16-4-7-39-8-5-16/h9-12,16,18,20H,3-8,13H2,1-2H3,(H,31,38)(H,30,32,33)/t18-,20+/m1/s1. The van der Waals surface area contributed by atoms with E-state index in [2.05, 4.69) is 20.5 Å². The van der Waals surface area contributed by atoms with Crippen molar-refractivity contribution in [2.45, 2.75) is 43.8 Å². The number of aromatic amines is 1. The predicted molar refractivity (Wildman–Crippen MR) is 137 cm³/mol. The summed E-state index contributed by atoms with van der Waals surface area (Å²) < 4.78 is 67.1. The largest absolute Gasteiger partial charge is 0.473 e. The Morgan fingerprint density at radius 1 is 1.25 bits per heavy atom. The van der Waals surface area contributed by atoms with Crippen molar-refractivity contribution < 1.29 is 31.8 Å². The molecule has 3 aromatic rings. The molecule has 40 heavy (non-hydrogen) atoms. The van der Waals surface area contributed by atoms with Crippen LogP contribution in [0.15, 0.2) is 29.3 Å². The van der Waals surface area contributed by atoms with Crippen molar-refractivity contribution in [1.82, 2.24) is 24.6 Å². The lowest BCUT2D eigenvalue weighted by atomic mass is 10.0. The van der Waals surface area contributed by atoms with Gasteiger partial charge < -0.3 is 29.2 Å². The molecular formula is C25H29F4N7O4. The summed E-state index contributed by atoms with van der Waals surface area (Å²) in [4.78, 5) is 32.4. The molecule has 0 aromatic carbocycles. The second kappa shape index (κ2) is 10.9. The number of aromatic nitrogens is 4. The quantitative estimate of drug-likeness (QED) is 0.455. The van der Waals surface area contributed by atoms with Gasteiger partial charge in [-0.2, -0.15) is 13.2 Å². The highest BCUT2D eigenvalue weighted by Gasteiger charge is 2.36. The van der Waals surface area contributed by atoms with Crippen LogP contribution in [-0.4, -0.2) is 82.3 Å². The van der Waals surface area contributed by atoms with Crippen LogP contribution in [0.5, 0.6) is 5.88 Å². The van der Waals surface area contributed by atoms with Crippen LogP contribution < -0.4 is 20.5 Å². The molecule has 2 N–H and O–H groups in total. The van der Waals surface area contributed by atoms with Gasteiger partial charge in [0, 0.05) is 39.7 Å². The predicted octanol–water partition coefficient (Wildman–Crippen LogP) is 3.31. The van der Waals surface area contributed by atoms with Gasteiger partial charge >= 0.3 is 12.2 Å². The van der Waals surface area contributed by atoms with Gasteiger partial charge in [0.15, 0.2) is 5.65 Å². The molecule has 2 atom stereocenters. The molecule has 0 saturated carbocycles. The zero-order chi connectivity index (χ0) is 28.6. The molecule has 3 aromatic heterocycles. The van der Waals surface area contributed by atoms with Gasteiger partial charge in [0.1, 0.15) is 18.0 Å². The Balaban J connectivity index is 1.25. The number of nitrogens with zero attached hydrogens (tertiary/aromatic N) is 5. The van der Waals surface area contributed by atoms with Crippen LogP contribution in [0.1, 0.15) is 24.8 Å². The molecule has 2 aliphatic heterocycles. The molecule has 5 rings (SSSR count). The highest BCUT2D eigenvalue weighted by molar-refractivity contribution is 5.89. The molecular weight excluding hydrogens is 538 g/mol. The van der Waals surface area contributed by atoms with Crippen LogP contribution in [0.2, 0.25) is 0 Å². The topological polar surface area (TPSA) is 118 Å².